The molecule has 2 aromatic heterocycles. The number of benzene rings is 1. The molecule has 3 rings (SSSR count). The van der Waals surface area contributed by atoms with E-state index in [1.807, 2.05) is 51.1 Å². The predicted molar refractivity (Wildman–Crippen MR) is 103 cm³/mol. The SMILES string of the molecule is Cc1c(-c2ccc(CN)cc2)ccn2c(=O)c(C(=O)O)cc(C(C)C)c12. The van der Waals surface area contributed by atoms with Gasteiger partial charge in [-0.3, -0.25) is 9.20 Å². The van der Waals surface area contributed by atoms with Crippen LogP contribution in [0.5, 0.6) is 0 Å². The molecule has 134 valence electrons. The first kappa shape index (κ1) is 17.9. The molecule has 26 heavy (non-hydrogen) atoms. The standard InChI is InChI=1S/C21H22N2O3/c1-12(2)17-10-18(21(25)26)20(24)23-9-8-16(13(3)19(17)23)15-6-4-14(11-22)5-7-15/h4-10,12H,11,22H2,1-3H3,(H,25,26). The molecular weight excluding hydrogens is 328 g/mol. The van der Waals surface area contributed by atoms with Crippen molar-refractivity contribution in [2.24, 2.45) is 5.73 Å². The van der Waals surface area contributed by atoms with E-state index in [-0.39, 0.29) is 11.5 Å². The van der Waals surface area contributed by atoms with Gasteiger partial charge in [0.25, 0.3) is 5.56 Å². The zero-order chi connectivity index (χ0) is 19.0. The van der Waals surface area contributed by atoms with E-state index in [4.69, 9.17) is 5.73 Å². The molecule has 0 aliphatic rings. The minimum Gasteiger partial charge on any atom is -0.477 e. The van der Waals surface area contributed by atoms with Crippen molar-refractivity contribution >= 4 is 11.5 Å². The Bertz CT molecular complexity index is 1050. The highest BCUT2D eigenvalue weighted by Gasteiger charge is 2.19. The maximum Gasteiger partial charge on any atom is 0.341 e. The lowest BCUT2D eigenvalue weighted by atomic mass is 9.93. The second-order valence-corrected chi connectivity index (χ2v) is 6.75. The Kier molecular flexibility index (Phi) is 4.66. The van der Waals surface area contributed by atoms with Crippen LogP contribution in [0, 0.1) is 6.92 Å². The summed E-state index contributed by atoms with van der Waals surface area (Å²) < 4.78 is 1.45. The van der Waals surface area contributed by atoms with Crippen LogP contribution >= 0.6 is 0 Å². The monoisotopic (exact) mass is 350 g/mol. The Labute approximate surface area is 151 Å². The normalized spacial score (nSPS) is 11.3. The van der Waals surface area contributed by atoms with Crippen molar-refractivity contribution in [3.8, 4) is 11.1 Å². The fraction of sp³-hybridized carbons (Fsp3) is 0.238. The summed E-state index contributed by atoms with van der Waals surface area (Å²) in [7, 11) is 0. The van der Waals surface area contributed by atoms with Gasteiger partial charge < -0.3 is 10.8 Å². The quantitative estimate of drug-likeness (QED) is 0.753. The molecule has 3 N–H and O–H groups in total. The van der Waals surface area contributed by atoms with Gasteiger partial charge >= 0.3 is 5.97 Å². The average molecular weight is 350 g/mol. The lowest BCUT2D eigenvalue weighted by Gasteiger charge is -2.17. The number of fused-ring (bicyclic) bond motifs is 1. The van der Waals surface area contributed by atoms with E-state index in [1.165, 1.54) is 10.5 Å². The van der Waals surface area contributed by atoms with E-state index < -0.39 is 11.5 Å². The van der Waals surface area contributed by atoms with Crippen molar-refractivity contribution in [1.82, 2.24) is 4.40 Å². The first-order valence-electron chi connectivity index (χ1n) is 8.56. The summed E-state index contributed by atoms with van der Waals surface area (Å²) >= 11 is 0. The molecule has 0 atom stereocenters. The minimum atomic E-state index is -1.20. The highest BCUT2D eigenvalue weighted by Crippen LogP contribution is 2.30. The molecule has 5 heteroatoms. The Morgan fingerprint density at radius 3 is 2.38 bits per heavy atom. The van der Waals surface area contributed by atoms with Crippen molar-refractivity contribution in [2.45, 2.75) is 33.2 Å². The van der Waals surface area contributed by atoms with Crippen molar-refractivity contribution in [2.75, 3.05) is 0 Å². The van der Waals surface area contributed by atoms with Crippen LogP contribution < -0.4 is 11.3 Å². The minimum absolute atomic E-state index is 0.0808. The van der Waals surface area contributed by atoms with Gasteiger partial charge in [-0.2, -0.15) is 0 Å². The van der Waals surface area contributed by atoms with Gasteiger partial charge in [0, 0.05) is 12.7 Å². The molecule has 0 saturated carbocycles. The zero-order valence-electron chi connectivity index (χ0n) is 15.1. The van der Waals surface area contributed by atoms with Gasteiger partial charge in [0.05, 0.1) is 5.52 Å². The maximum atomic E-state index is 12.6. The van der Waals surface area contributed by atoms with E-state index >= 15 is 0 Å². The van der Waals surface area contributed by atoms with E-state index in [2.05, 4.69) is 0 Å². The molecule has 0 radical (unpaired) electrons. The molecule has 1 aromatic carbocycles. The van der Waals surface area contributed by atoms with Crippen molar-refractivity contribution in [3.05, 3.63) is 75.2 Å². The van der Waals surface area contributed by atoms with Gasteiger partial charge in [-0.1, -0.05) is 38.1 Å². The second-order valence-electron chi connectivity index (χ2n) is 6.75. The van der Waals surface area contributed by atoms with Crippen LogP contribution in [0.2, 0.25) is 0 Å². The van der Waals surface area contributed by atoms with E-state index in [0.717, 1.165) is 33.3 Å². The first-order valence-corrected chi connectivity index (χ1v) is 8.56. The van der Waals surface area contributed by atoms with Crippen LogP contribution in [-0.4, -0.2) is 15.5 Å². The molecule has 0 aliphatic carbocycles. The molecule has 0 saturated heterocycles. The van der Waals surface area contributed by atoms with Gasteiger partial charge in [0.2, 0.25) is 0 Å². The van der Waals surface area contributed by atoms with Crippen LogP contribution in [0.3, 0.4) is 0 Å². The number of carboxylic acids is 1. The molecule has 0 spiro atoms. The largest absolute Gasteiger partial charge is 0.477 e. The third kappa shape index (κ3) is 2.91. The highest BCUT2D eigenvalue weighted by molar-refractivity contribution is 5.89. The molecular formula is C21H22N2O3. The molecule has 5 nitrogen and oxygen atoms in total. The summed E-state index contributed by atoms with van der Waals surface area (Å²) in [4.78, 5) is 24.0. The summed E-state index contributed by atoms with van der Waals surface area (Å²) in [6.45, 7) is 6.44. The predicted octanol–water partition coefficient (Wildman–Crippen LogP) is 3.56. The number of pyridine rings is 2. The summed E-state index contributed by atoms with van der Waals surface area (Å²) in [5.41, 5.74) is 10.6. The van der Waals surface area contributed by atoms with Crippen molar-refractivity contribution in [1.29, 1.82) is 0 Å². The third-order valence-electron chi connectivity index (χ3n) is 4.77. The van der Waals surface area contributed by atoms with Gasteiger partial charge in [-0.25, -0.2) is 4.79 Å². The fourth-order valence-electron chi connectivity index (χ4n) is 3.32. The smallest absolute Gasteiger partial charge is 0.341 e. The Morgan fingerprint density at radius 1 is 1.19 bits per heavy atom. The van der Waals surface area contributed by atoms with Gasteiger partial charge in [-0.05, 0) is 52.8 Å². The van der Waals surface area contributed by atoms with Crippen LogP contribution in [0.15, 0.2) is 47.4 Å². The van der Waals surface area contributed by atoms with Crippen LogP contribution in [-0.2, 0) is 6.54 Å². The van der Waals surface area contributed by atoms with Crippen LogP contribution in [0.25, 0.3) is 16.6 Å². The molecule has 0 aliphatic heterocycles. The van der Waals surface area contributed by atoms with E-state index in [1.54, 1.807) is 6.20 Å². The number of rotatable bonds is 4. The van der Waals surface area contributed by atoms with Crippen LogP contribution in [0.1, 0.15) is 46.8 Å². The molecule has 0 amide bonds. The maximum absolute atomic E-state index is 12.6. The molecule has 2 heterocycles. The molecule has 3 aromatic rings. The molecule has 0 unspecified atom stereocenters. The Hall–Kier alpha value is -2.92. The van der Waals surface area contributed by atoms with Crippen LogP contribution in [0.4, 0.5) is 0 Å². The summed E-state index contributed by atoms with van der Waals surface area (Å²) in [6, 6.07) is 11.4. The number of hydrogen-bond acceptors (Lipinski definition) is 3. The lowest BCUT2D eigenvalue weighted by molar-refractivity contribution is 0.0694. The number of aryl methyl sites for hydroxylation is 1. The topological polar surface area (TPSA) is 84.8 Å². The molecule has 0 bridgehead atoms. The van der Waals surface area contributed by atoms with Gasteiger partial charge in [0.15, 0.2) is 0 Å². The van der Waals surface area contributed by atoms with Gasteiger partial charge in [-0.15, -0.1) is 0 Å². The summed E-state index contributed by atoms with van der Waals surface area (Å²) in [5.74, 6) is -1.12. The first-order chi connectivity index (χ1) is 12.3. The van der Waals surface area contributed by atoms with E-state index in [9.17, 15) is 14.7 Å². The average Bonchev–Trinajstić information content (AvgIpc) is 2.62. The fourth-order valence-corrected chi connectivity index (χ4v) is 3.32. The van der Waals surface area contributed by atoms with E-state index in [0.29, 0.717) is 6.54 Å². The summed E-state index contributed by atoms with van der Waals surface area (Å²) in [5, 5.41) is 9.36. The summed E-state index contributed by atoms with van der Waals surface area (Å²) in [6.07, 6.45) is 1.66. The van der Waals surface area contributed by atoms with Gasteiger partial charge in [0.1, 0.15) is 5.56 Å². The third-order valence-corrected chi connectivity index (χ3v) is 4.77. The number of carboxylic acid groups (broad SMARTS) is 1. The number of nitrogens with zero attached hydrogens (tertiary/aromatic N) is 1. The number of nitrogens with two attached hydrogens (primary N) is 1. The molecule has 0 fully saturated rings. The van der Waals surface area contributed by atoms with Crippen molar-refractivity contribution < 1.29 is 9.90 Å². The highest BCUT2D eigenvalue weighted by atomic mass is 16.4. The number of aromatic carboxylic acids is 1. The number of aromatic nitrogens is 1. The lowest BCUT2D eigenvalue weighted by Crippen LogP contribution is -2.24. The van der Waals surface area contributed by atoms with Crippen molar-refractivity contribution in [3.63, 3.8) is 0 Å². The Balaban J connectivity index is 2.34. The number of hydrogen-bond donors (Lipinski definition) is 2. The zero-order valence-corrected chi connectivity index (χ0v) is 15.1. The second kappa shape index (κ2) is 6.77. The number of carbonyl (C=O) groups is 1. The Morgan fingerprint density at radius 2 is 1.85 bits per heavy atom.